The van der Waals surface area contributed by atoms with Gasteiger partial charge >= 0.3 is 12.3 Å². The Hall–Kier alpha value is -4.11. The number of rotatable bonds is 7. The summed E-state index contributed by atoms with van der Waals surface area (Å²) in [4.78, 5) is 29.5. The number of aromatic amines is 1. The van der Waals surface area contributed by atoms with Gasteiger partial charge in [-0.2, -0.15) is 32.1 Å². The molecule has 194 valence electrons. The van der Waals surface area contributed by atoms with Crippen LogP contribution in [0.25, 0.3) is 16.7 Å². The number of primary amides is 1. The first kappa shape index (κ1) is 26.0. The van der Waals surface area contributed by atoms with Crippen molar-refractivity contribution in [1.82, 2.24) is 25.0 Å². The molecule has 37 heavy (non-hydrogen) atoms. The van der Waals surface area contributed by atoms with Gasteiger partial charge in [-0.3, -0.25) is 14.7 Å². The zero-order chi connectivity index (χ0) is 27.1. The lowest BCUT2D eigenvalue weighted by Crippen LogP contribution is -2.38. The number of alkyl halides is 5. The Labute approximate surface area is 208 Å². The van der Waals surface area contributed by atoms with Crippen molar-refractivity contribution >= 4 is 40.0 Å². The Kier molecular flexibility index (Phi) is 6.60. The molecule has 3 aromatic heterocycles. The normalized spacial score (nSPS) is 12.2. The average molecular weight is 544 g/mol. The Morgan fingerprint density at radius 3 is 2.62 bits per heavy atom. The van der Waals surface area contributed by atoms with E-state index in [2.05, 4.69) is 30.3 Å². The molecule has 4 rings (SSSR count). The molecular weight excluding hydrogens is 529 g/mol. The highest BCUT2D eigenvalue weighted by Gasteiger charge is 2.59. The fourth-order valence-corrected chi connectivity index (χ4v) is 3.62. The van der Waals surface area contributed by atoms with Gasteiger partial charge in [-0.15, -0.1) is 0 Å². The van der Waals surface area contributed by atoms with E-state index in [0.29, 0.717) is 10.9 Å². The Morgan fingerprint density at radius 1 is 1.24 bits per heavy atom. The number of nitrogens with zero attached hydrogens (tertiary/aromatic N) is 4. The van der Waals surface area contributed by atoms with Gasteiger partial charge in [0.05, 0.1) is 40.3 Å². The number of nitrogens with two attached hydrogens (primary N) is 1. The summed E-state index contributed by atoms with van der Waals surface area (Å²) in [5.41, 5.74) is 5.28. The molecule has 4 N–H and O–H groups in total. The number of halogens is 6. The quantitative estimate of drug-likeness (QED) is 0.299. The molecule has 0 radical (unpaired) electrons. The number of hydrogen-bond acceptors (Lipinski definition) is 6. The van der Waals surface area contributed by atoms with Gasteiger partial charge in [0.1, 0.15) is 5.69 Å². The summed E-state index contributed by atoms with van der Waals surface area (Å²) < 4.78 is 68.6. The number of nitrogens with one attached hydrogen (secondary N) is 2. The molecule has 0 aliphatic heterocycles. The number of aryl methyl sites for hydroxylation is 1. The maximum atomic E-state index is 13.3. The number of carbonyl (C=O) groups is 2. The summed E-state index contributed by atoms with van der Waals surface area (Å²) in [7, 11) is 0. The Bertz CT molecular complexity index is 1520. The van der Waals surface area contributed by atoms with E-state index in [-0.39, 0.29) is 33.3 Å². The average Bonchev–Trinajstić information content (AvgIpc) is 3.44. The van der Waals surface area contributed by atoms with Crippen molar-refractivity contribution in [2.24, 2.45) is 5.73 Å². The van der Waals surface area contributed by atoms with Gasteiger partial charge in [-0.1, -0.05) is 11.6 Å². The van der Waals surface area contributed by atoms with Crippen molar-refractivity contribution in [3.05, 3.63) is 64.2 Å². The summed E-state index contributed by atoms with van der Waals surface area (Å²) >= 11 is 6.13. The molecule has 3 heterocycles. The number of hydrogen-bond donors (Lipinski definition) is 3. The van der Waals surface area contributed by atoms with Gasteiger partial charge in [0.2, 0.25) is 0 Å². The molecule has 0 bridgehead atoms. The molecule has 1 aromatic carbocycles. The van der Waals surface area contributed by atoms with Crippen LogP contribution in [0.15, 0.2) is 36.7 Å². The molecule has 10 nitrogen and oxygen atoms in total. The van der Waals surface area contributed by atoms with Crippen molar-refractivity contribution in [3.8, 4) is 5.82 Å². The van der Waals surface area contributed by atoms with Crippen LogP contribution in [0, 0.1) is 6.92 Å². The van der Waals surface area contributed by atoms with E-state index < -0.39 is 36.4 Å². The lowest BCUT2D eigenvalue weighted by molar-refractivity contribution is -0.395. The van der Waals surface area contributed by atoms with Crippen LogP contribution in [0.3, 0.4) is 0 Å². The number of amides is 2. The highest BCUT2D eigenvalue weighted by atomic mass is 35.5. The van der Waals surface area contributed by atoms with Crippen LogP contribution in [0.2, 0.25) is 5.02 Å². The number of carbonyl (C=O) groups excluding carboxylic acids is 2. The first-order valence-electron chi connectivity index (χ1n) is 10.2. The topological polar surface area (TPSA) is 141 Å². The molecule has 0 saturated carbocycles. The maximum absolute atomic E-state index is 13.3. The van der Waals surface area contributed by atoms with E-state index in [4.69, 9.17) is 17.3 Å². The Morgan fingerprint density at radius 2 is 1.97 bits per heavy atom. The first-order valence-corrected chi connectivity index (χ1v) is 10.5. The number of H-pyrrole nitrogens is 1. The molecule has 4 aromatic rings. The molecule has 0 aliphatic rings. The smallest absolute Gasteiger partial charge is 0.365 e. The van der Waals surface area contributed by atoms with Gasteiger partial charge in [-0.05, 0) is 36.8 Å². The Balaban J connectivity index is 1.76. The van der Waals surface area contributed by atoms with Crippen LogP contribution in [-0.2, 0) is 11.3 Å². The lowest BCUT2D eigenvalue weighted by atomic mass is 10.0. The van der Waals surface area contributed by atoms with Crippen LogP contribution < -0.4 is 11.1 Å². The second-order valence-electron chi connectivity index (χ2n) is 7.64. The fourth-order valence-electron chi connectivity index (χ4n) is 3.42. The van der Waals surface area contributed by atoms with Crippen LogP contribution in [0.1, 0.15) is 32.1 Å². The second-order valence-corrected chi connectivity index (χ2v) is 8.05. The summed E-state index contributed by atoms with van der Waals surface area (Å²) in [6.07, 6.45) is -8.69. The van der Waals surface area contributed by atoms with Crippen LogP contribution in [-0.4, -0.2) is 49.1 Å². The van der Waals surface area contributed by atoms with Gasteiger partial charge in [0.25, 0.3) is 11.8 Å². The van der Waals surface area contributed by atoms with Crippen LogP contribution in [0.4, 0.5) is 27.6 Å². The molecule has 2 amide bonds. The molecular formula is C21H15ClF5N7O3. The molecule has 0 fully saturated rings. The molecule has 0 saturated heterocycles. The molecule has 0 atom stereocenters. The van der Waals surface area contributed by atoms with Crippen molar-refractivity contribution in [2.45, 2.75) is 25.8 Å². The minimum absolute atomic E-state index is 0.00974. The SMILES string of the molecule is Cc1cc2cn[nH]c2c(C(N)=O)c1NC(=O)c1cc(COC(F)(F)C(F)(F)F)nn1-c1ncccc1Cl. The maximum Gasteiger partial charge on any atom is 0.482 e. The lowest BCUT2D eigenvalue weighted by Gasteiger charge is -2.18. The minimum Gasteiger partial charge on any atom is -0.365 e. The summed E-state index contributed by atoms with van der Waals surface area (Å²) in [6, 6.07) is 5.39. The van der Waals surface area contributed by atoms with Crippen LogP contribution >= 0.6 is 11.6 Å². The number of ether oxygens (including phenoxy) is 1. The number of pyridine rings is 1. The van der Waals surface area contributed by atoms with Gasteiger partial charge < -0.3 is 15.8 Å². The predicted molar refractivity (Wildman–Crippen MR) is 119 cm³/mol. The number of anilines is 1. The molecule has 0 unspecified atom stereocenters. The van der Waals surface area contributed by atoms with E-state index in [1.54, 1.807) is 13.0 Å². The highest BCUT2D eigenvalue weighted by Crippen LogP contribution is 2.37. The molecule has 16 heteroatoms. The molecule has 0 aliphatic carbocycles. The third kappa shape index (κ3) is 4.95. The highest BCUT2D eigenvalue weighted by molar-refractivity contribution is 6.32. The monoisotopic (exact) mass is 543 g/mol. The van der Waals surface area contributed by atoms with E-state index in [9.17, 15) is 31.5 Å². The summed E-state index contributed by atoms with van der Waals surface area (Å²) in [5, 5.41) is 13.4. The largest absolute Gasteiger partial charge is 0.482 e. The second kappa shape index (κ2) is 9.40. The van der Waals surface area contributed by atoms with Gasteiger partial charge in [0, 0.05) is 11.6 Å². The standard InChI is InChI=1S/C21H15ClF5N7O3/c1-9-5-10-7-30-32-16(10)14(17(28)35)15(9)31-19(36)13-6-11(8-37-21(26,27)20(23,24)25)33-34(13)18-12(22)3-2-4-29-18/h2-7H,8H2,1H3,(H2,28,35)(H,30,32)(H,31,36). The summed E-state index contributed by atoms with van der Waals surface area (Å²) in [5.74, 6) is -1.95. The van der Waals surface area contributed by atoms with Crippen molar-refractivity contribution in [3.63, 3.8) is 0 Å². The van der Waals surface area contributed by atoms with Gasteiger partial charge in [-0.25, -0.2) is 9.67 Å². The van der Waals surface area contributed by atoms with Crippen molar-refractivity contribution in [1.29, 1.82) is 0 Å². The predicted octanol–water partition coefficient (Wildman–Crippen LogP) is 4.13. The summed E-state index contributed by atoms with van der Waals surface area (Å²) in [6.45, 7) is 0.274. The number of fused-ring (bicyclic) bond motifs is 1. The third-order valence-corrected chi connectivity index (χ3v) is 5.38. The first-order chi connectivity index (χ1) is 17.3. The molecule has 0 spiro atoms. The zero-order valence-corrected chi connectivity index (χ0v) is 19.3. The van der Waals surface area contributed by atoms with Crippen LogP contribution in [0.5, 0.6) is 0 Å². The van der Waals surface area contributed by atoms with E-state index in [1.807, 2.05) is 0 Å². The van der Waals surface area contributed by atoms with Crippen molar-refractivity contribution in [2.75, 3.05) is 5.32 Å². The fraction of sp³-hybridized carbons (Fsp3) is 0.190. The zero-order valence-electron chi connectivity index (χ0n) is 18.5. The minimum atomic E-state index is -5.96. The van der Waals surface area contributed by atoms with E-state index in [1.165, 1.54) is 24.5 Å². The van der Waals surface area contributed by atoms with Gasteiger partial charge in [0.15, 0.2) is 5.82 Å². The van der Waals surface area contributed by atoms with Crippen molar-refractivity contribution < 1.29 is 36.3 Å². The number of aromatic nitrogens is 5. The van der Waals surface area contributed by atoms with E-state index in [0.717, 1.165) is 10.7 Å². The van der Waals surface area contributed by atoms with E-state index >= 15 is 0 Å². The number of benzene rings is 1. The third-order valence-electron chi connectivity index (χ3n) is 5.08.